The highest BCUT2D eigenvalue weighted by molar-refractivity contribution is 7.13. The molecule has 2 aromatic heterocycles. The van der Waals surface area contributed by atoms with Crippen LogP contribution in [0, 0.1) is 0 Å². The van der Waals surface area contributed by atoms with Gasteiger partial charge in [0.05, 0.1) is 16.1 Å². The Morgan fingerprint density at radius 2 is 2.00 bits per heavy atom. The lowest BCUT2D eigenvalue weighted by Crippen LogP contribution is -2.45. The number of likely N-dealkylation sites (tertiary alicyclic amines) is 1. The van der Waals surface area contributed by atoms with E-state index in [0.717, 1.165) is 51.0 Å². The zero-order chi connectivity index (χ0) is 22.7. The van der Waals surface area contributed by atoms with Crippen LogP contribution in [-0.2, 0) is 6.18 Å². The summed E-state index contributed by atoms with van der Waals surface area (Å²) in [6.45, 7) is 5.04. The average Bonchev–Trinajstić information content (AvgIpc) is 3.45. The number of thiophene rings is 1. The van der Waals surface area contributed by atoms with Gasteiger partial charge in [-0.3, -0.25) is 4.79 Å². The summed E-state index contributed by atoms with van der Waals surface area (Å²) in [7, 11) is 0. The molecule has 3 aromatic rings. The van der Waals surface area contributed by atoms with Gasteiger partial charge in [-0.1, -0.05) is 19.1 Å². The highest BCUT2D eigenvalue weighted by Gasteiger charge is 2.31. The van der Waals surface area contributed by atoms with Crippen LogP contribution in [0.2, 0.25) is 0 Å². The first-order chi connectivity index (χ1) is 15.3. The van der Waals surface area contributed by atoms with E-state index in [-0.39, 0.29) is 17.6 Å². The number of halogens is 3. The number of benzene rings is 1. The molecule has 1 saturated heterocycles. The second-order valence-corrected chi connectivity index (χ2v) is 8.73. The van der Waals surface area contributed by atoms with Crippen LogP contribution in [0.3, 0.4) is 0 Å². The molecular formula is C22H24F3N5OS. The zero-order valence-electron chi connectivity index (χ0n) is 17.6. The van der Waals surface area contributed by atoms with Gasteiger partial charge in [0, 0.05) is 19.1 Å². The van der Waals surface area contributed by atoms with Crippen molar-refractivity contribution in [1.82, 2.24) is 25.0 Å². The number of piperidine rings is 1. The van der Waals surface area contributed by atoms with Crippen LogP contribution >= 0.6 is 11.3 Å². The van der Waals surface area contributed by atoms with E-state index in [0.29, 0.717) is 10.7 Å². The van der Waals surface area contributed by atoms with E-state index in [4.69, 9.17) is 0 Å². The zero-order valence-corrected chi connectivity index (χ0v) is 18.4. The fraction of sp³-hybridized carbons (Fsp3) is 0.409. The molecule has 1 amide bonds. The van der Waals surface area contributed by atoms with Crippen LogP contribution in [-0.4, -0.2) is 51.2 Å². The Balaban J connectivity index is 1.59. The van der Waals surface area contributed by atoms with E-state index in [1.165, 1.54) is 28.2 Å². The summed E-state index contributed by atoms with van der Waals surface area (Å²) in [5.41, 5.74) is -0.588. The Kier molecular flexibility index (Phi) is 6.61. The molecule has 6 nitrogen and oxygen atoms in total. The first kappa shape index (κ1) is 22.5. The van der Waals surface area contributed by atoms with Crippen molar-refractivity contribution in [2.24, 2.45) is 0 Å². The average molecular weight is 464 g/mol. The minimum absolute atomic E-state index is 0.0290. The predicted octanol–water partition coefficient (Wildman–Crippen LogP) is 4.62. The molecule has 170 valence electrons. The molecule has 1 fully saturated rings. The van der Waals surface area contributed by atoms with E-state index in [1.54, 1.807) is 6.07 Å². The number of hydrogen-bond donors (Lipinski definition) is 1. The summed E-state index contributed by atoms with van der Waals surface area (Å²) in [6, 6.07) is 8.49. The van der Waals surface area contributed by atoms with Crippen molar-refractivity contribution >= 4 is 17.2 Å². The van der Waals surface area contributed by atoms with Crippen molar-refractivity contribution in [2.75, 3.05) is 19.6 Å². The summed E-state index contributed by atoms with van der Waals surface area (Å²) < 4.78 is 41.0. The lowest BCUT2D eigenvalue weighted by molar-refractivity contribution is -0.137. The van der Waals surface area contributed by atoms with Gasteiger partial charge in [-0.15, -0.1) is 16.4 Å². The Bertz CT molecular complexity index is 1060. The quantitative estimate of drug-likeness (QED) is 0.580. The van der Waals surface area contributed by atoms with Crippen molar-refractivity contribution in [3.05, 3.63) is 53.2 Å². The molecule has 0 bridgehead atoms. The smallest absolute Gasteiger partial charge is 0.346 e. The third-order valence-electron chi connectivity index (χ3n) is 5.43. The number of aromatic nitrogens is 3. The number of alkyl halides is 3. The molecule has 3 heterocycles. The van der Waals surface area contributed by atoms with Crippen molar-refractivity contribution in [3.8, 4) is 16.4 Å². The van der Waals surface area contributed by atoms with Crippen LogP contribution in [0.5, 0.6) is 0 Å². The summed E-state index contributed by atoms with van der Waals surface area (Å²) >= 11 is 1.38. The van der Waals surface area contributed by atoms with E-state index in [1.807, 2.05) is 11.4 Å². The Hall–Kier alpha value is -2.72. The summed E-state index contributed by atoms with van der Waals surface area (Å²) in [5, 5.41) is 9.12. The number of amides is 1. The van der Waals surface area contributed by atoms with Crippen LogP contribution in [0.4, 0.5) is 13.2 Å². The molecule has 4 rings (SSSR count). The second kappa shape index (κ2) is 9.41. The van der Waals surface area contributed by atoms with Gasteiger partial charge in [0.2, 0.25) is 5.82 Å². The minimum Gasteiger partial charge on any atom is -0.346 e. The summed E-state index contributed by atoms with van der Waals surface area (Å²) in [4.78, 5) is 20.3. The molecule has 1 aromatic carbocycles. The van der Waals surface area contributed by atoms with Crippen molar-refractivity contribution in [1.29, 1.82) is 0 Å². The fourth-order valence-electron chi connectivity index (χ4n) is 3.83. The molecule has 1 aliphatic heterocycles. The molecule has 32 heavy (non-hydrogen) atoms. The lowest BCUT2D eigenvalue weighted by Gasteiger charge is -2.31. The number of carbonyl (C=O) groups excluding carboxylic acids is 1. The van der Waals surface area contributed by atoms with Gasteiger partial charge in [0.15, 0.2) is 5.82 Å². The van der Waals surface area contributed by atoms with E-state index in [2.05, 4.69) is 27.2 Å². The van der Waals surface area contributed by atoms with Crippen LogP contribution in [0.25, 0.3) is 16.4 Å². The Morgan fingerprint density at radius 1 is 1.22 bits per heavy atom. The number of rotatable bonds is 6. The van der Waals surface area contributed by atoms with Crippen molar-refractivity contribution < 1.29 is 18.0 Å². The highest BCUT2D eigenvalue weighted by Crippen LogP contribution is 2.32. The van der Waals surface area contributed by atoms with Gasteiger partial charge < -0.3 is 10.2 Å². The highest BCUT2D eigenvalue weighted by atomic mass is 32.1. The van der Waals surface area contributed by atoms with E-state index < -0.39 is 17.6 Å². The molecule has 0 unspecified atom stereocenters. The maximum absolute atomic E-state index is 13.2. The first-order valence-corrected chi connectivity index (χ1v) is 11.4. The number of hydrogen-bond acceptors (Lipinski definition) is 5. The van der Waals surface area contributed by atoms with Gasteiger partial charge >= 0.3 is 6.18 Å². The molecule has 0 radical (unpaired) electrons. The Morgan fingerprint density at radius 3 is 2.66 bits per heavy atom. The molecule has 0 atom stereocenters. The fourth-order valence-corrected chi connectivity index (χ4v) is 4.53. The number of nitrogens with zero attached hydrogens (tertiary/aromatic N) is 4. The number of nitrogens with one attached hydrogen (secondary N) is 1. The third-order valence-corrected chi connectivity index (χ3v) is 6.30. The van der Waals surface area contributed by atoms with Gasteiger partial charge in [0.1, 0.15) is 0 Å². The largest absolute Gasteiger partial charge is 0.416 e. The van der Waals surface area contributed by atoms with E-state index >= 15 is 0 Å². The van der Waals surface area contributed by atoms with E-state index in [9.17, 15) is 18.0 Å². The molecule has 0 saturated carbocycles. The Labute approximate surface area is 188 Å². The van der Waals surface area contributed by atoms with Crippen molar-refractivity contribution in [2.45, 2.75) is 38.4 Å². The molecule has 10 heteroatoms. The maximum Gasteiger partial charge on any atom is 0.416 e. The van der Waals surface area contributed by atoms with Gasteiger partial charge in [-0.05, 0) is 55.5 Å². The molecule has 0 aliphatic carbocycles. The molecule has 1 N–H and O–H groups in total. The minimum atomic E-state index is -4.48. The standard InChI is InChI=1S/C22H24F3N5OS/c1-2-10-29-11-8-16(9-12-29)26-21(31)19-27-20(18-7-4-13-32-18)30(28-19)17-6-3-5-15(14-17)22(23,24)25/h3-7,13-14,16H,2,8-12H2,1H3,(H,26,31). The second-order valence-electron chi connectivity index (χ2n) is 7.79. The van der Waals surface area contributed by atoms with Gasteiger partial charge in [0.25, 0.3) is 5.91 Å². The van der Waals surface area contributed by atoms with Crippen LogP contribution < -0.4 is 5.32 Å². The topological polar surface area (TPSA) is 63.1 Å². The van der Waals surface area contributed by atoms with Gasteiger partial charge in [-0.2, -0.15) is 13.2 Å². The lowest BCUT2D eigenvalue weighted by atomic mass is 10.0. The third kappa shape index (κ3) is 5.02. The van der Waals surface area contributed by atoms with Crippen molar-refractivity contribution in [3.63, 3.8) is 0 Å². The maximum atomic E-state index is 13.2. The van der Waals surface area contributed by atoms with Crippen LogP contribution in [0.1, 0.15) is 42.4 Å². The SMILES string of the molecule is CCCN1CCC(NC(=O)c2nc(-c3cccs3)n(-c3cccc(C(F)(F)F)c3)n2)CC1. The summed E-state index contributed by atoms with van der Waals surface area (Å²) in [6.07, 6.45) is -1.69. The predicted molar refractivity (Wildman–Crippen MR) is 117 cm³/mol. The summed E-state index contributed by atoms with van der Waals surface area (Å²) in [5.74, 6) is -0.133. The first-order valence-electron chi connectivity index (χ1n) is 10.6. The molecular weight excluding hydrogens is 439 g/mol. The van der Waals surface area contributed by atoms with Crippen LogP contribution in [0.15, 0.2) is 41.8 Å². The van der Waals surface area contributed by atoms with Gasteiger partial charge in [-0.25, -0.2) is 9.67 Å². The molecule has 0 spiro atoms. The number of carbonyl (C=O) groups is 1. The monoisotopic (exact) mass is 463 g/mol. The molecule has 1 aliphatic rings. The normalized spacial score (nSPS) is 15.8.